The molecule has 0 N–H and O–H groups in total. The normalized spacial score (nSPS) is 11.4. The van der Waals surface area contributed by atoms with Crippen LogP contribution in [0.2, 0.25) is 0 Å². The van der Waals surface area contributed by atoms with Gasteiger partial charge in [-0.15, -0.1) is 0 Å². The average molecular weight is 302 g/mol. The van der Waals surface area contributed by atoms with Crippen LogP contribution in [0.5, 0.6) is 0 Å². The van der Waals surface area contributed by atoms with E-state index in [-0.39, 0.29) is 16.7 Å². The van der Waals surface area contributed by atoms with E-state index in [1.807, 2.05) is 26.2 Å². The van der Waals surface area contributed by atoms with E-state index in [2.05, 4.69) is 9.97 Å². The van der Waals surface area contributed by atoms with Gasteiger partial charge in [-0.25, -0.2) is 4.98 Å². The molecule has 0 saturated heterocycles. The first-order chi connectivity index (χ1) is 9.93. The van der Waals surface area contributed by atoms with Crippen LogP contribution in [0.3, 0.4) is 0 Å². The maximum atomic E-state index is 12.6. The summed E-state index contributed by atoms with van der Waals surface area (Å²) >= 11 is 1.34. The van der Waals surface area contributed by atoms with Crippen LogP contribution in [0.1, 0.15) is 11.1 Å². The molecule has 3 aromatic rings. The zero-order chi connectivity index (χ0) is 15.3. The standard InChI is InChI=1S/C14H14N4O2S/c1-7-5-8(2)10-9(6-7)18(20)11-12(15-10)16-14(21-4)17(3)13(11)19/h5-6H,1-4H3. The number of hydrogen-bond acceptors (Lipinski definition) is 5. The Hall–Kier alpha value is -2.15. The molecule has 6 nitrogen and oxygen atoms in total. The van der Waals surface area contributed by atoms with Crippen molar-refractivity contribution in [3.63, 3.8) is 0 Å². The van der Waals surface area contributed by atoms with E-state index in [4.69, 9.17) is 0 Å². The molecular formula is C14H14N4O2S. The summed E-state index contributed by atoms with van der Waals surface area (Å²) in [6, 6.07) is 3.70. The Kier molecular flexibility index (Phi) is 3.09. The van der Waals surface area contributed by atoms with Gasteiger partial charge in [-0.1, -0.05) is 17.8 Å². The van der Waals surface area contributed by atoms with E-state index in [0.717, 1.165) is 11.1 Å². The highest BCUT2D eigenvalue weighted by Crippen LogP contribution is 2.18. The van der Waals surface area contributed by atoms with Crippen LogP contribution in [0.15, 0.2) is 22.1 Å². The molecule has 0 aliphatic rings. The van der Waals surface area contributed by atoms with E-state index in [9.17, 15) is 10.0 Å². The summed E-state index contributed by atoms with van der Waals surface area (Å²) in [7, 11) is 1.60. The van der Waals surface area contributed by atoms with Crippen molar-refractivity contribution >= 4 is 34.0 Å². The fourth-order valence-electron chi connectivity index (χ4n) is 2.46. The number of aryl methyl sites for hydroxylation is 2. The lowest BCUT2D eigenvalue weighted by Crippen LogP contribution is -2.37. The quantitative estimate of drug-likeness (QED) is 0.224. The first-order valence-electron chi connectivity index (χ1n) is 6.39. The third-order valence-corrected chi connectivity index (χ3v) is 4.18. The summed E-state index contributed by atoms with van der Waals surface area (Å²) < 4.78 is 2.02. The van der Waals surface area contributed by atoms with Gasteiger partial charge in [0.15, 0.2) is 5.16 Å². The summed E-state index contributed by atoms with van der Waals surface area (Å²) in [6.07, 6.45) is 1.83. The number of fused-ring (bicyclic) bond motifs is 2. The topological polar surface area (TPSA) is 74.7 Å². The van der Waals surface area contributed by atoms with Crippen LogP contribution >= 0.6 is 11.8 Å². The van der Waals surface area contributed by atoms with E-state index in [1.54, 1.807) is 13.1 Å². The van der Waals surface area contributed by atoms with Crippen LogP contribution in [0.4, 0.5) is 0 Å². The molecule has 1 aromatic carbocycles. The molecule has 0 amide bonds. The van der Waals surface area contributed by atoms with Gasteiger partial charge >= 0.3 is 11.1 Å². The molecule has 0 aliphatic carbocycles. The van der Waals surface area contributed by atoms with Crippen LogP contribution in [0, 0.1) is 19.1 Å². The molecule has 0 bridgehead atoms. The lowest BCUT2D eigenvalue weighted by atomic mass is 10.1. The molecular weight excluding hydrogens is 288 g/mol. The summed E-state index contributed by atoms with van der Waals surface area (Å²) in [4.78, 5) is 21.1. The van der Waals surface area contributed by atoms with Crippen LogP contribution in [-0.2, 0) is 7.05 Å². The largest absolute Gasteiger partial charge is 0.618 e. The molecule has 0 fully saturated rings. The van der Waals surface area contributed by atoms with Gasteiger partial charge in [0.2, 0.25) is 11.2 Å². The monoisotopic (exact) mass is 302 g/mol. The van der Waals surface area contributed by atoms with E-state index >= 15 is 0 Å². The number of rotatable bonds is 1. The fourth-order valence-corrected chi connectivity index (χ4v) is 3.00. The molecule has 0 saturated carbocycles. The minimum absolute atomic E-state index is 0.0206. The molecule has 0 radical (unpaired) electrons. The zero-order valence-electron chi connectivity index (χ0n) is 12.2. The number of nitrogens with zero attached hydrogens (tertiary/aromatic N) is 4. The Morgan fingerprint density at radius 2 is 2.00 bits per heavy atom. The van der Waals surface area contributed by atoms with E-state index < -0.39 is 0 Å². The van der Waals surface area contributed by atoms with Gasteiger partial charge in [-0.3, -0.25) is 9.36 Å². The summed E-state index contributed by atoms with van der Waals surface area (Å²) in [5.41, 5.74) is 2.62. The van der Waals surface area contributed by atoms with Gasteiger partial charge in [-0.05, 0) is 31.2 Å². The molecule has 0 atom stereocenters. The highest BCUT2D eigenvalue weighted by atomic mass is 32.2. The molecule has 2 heterocycles. The van der Waals surface area contributed by atoms with Crippen molar-refractivity contribution in [3.8, 4) is 0 Å². The predicted molar refractivity (Wildman–Crippen MR) is 82.5 cm³/mol. The van der Waals surface area contributed by atoms with Gasteiger partial charge in [0.25, 0.3) is 0 Å². The lowest BCUT2D eigenvalue weighted by molar-refractivity contribution is -0.549. The average Bonchev–Trinajstić information content (AvgIpc) is 2.44. The van der Waals surface area contributed by atoms with Crippen molar-refractivity contribution in [2.75, 3.05) is 6.26 Å². The second-order valence-corrected chi connectivity index (χ2v) is 5.76. The van der Waals surface area contributed by atoms with E-state index in [1.165, 1.54) is 16.3 Å². The number of thioether (sulfide) groups is 1. The smallest absolute Gasteiger partial charge is 0.329 e. The van der Waals surface area contributed by atoms with Crippen molar-refractivity contribution in [3.05, 3.63) is 38.8 Å². The Morgan fingerprint density at radius 1 is 1.29 bits per heavy atom. The second kappa shape index (κ2) is 4.70. The Balaban J connectivity index is 2.60. The second-order valence-electron chi connectivity index (χ2n) is 4.99. The highest BCUT2D eigenvalue weighted by molar-refractivity contribution is 7.98. The molecule has 0 aliphatic heterocycles. The minimum Gasteiger partial charge on any atom is -0.618 e. The number of hydrogen-bond donors (Lipinski definition) is 0. The van der Waals surface area contributed by atoms with Gasteiger partial charge in [-0.2, -0.15) is 9.71 Å². The summed E-state index contributed by atoms with van der Waals surface area (Å²) in [6.45, 7) is 3.80. The van der Waals surface area contributed by atoms with Gasteiger partial charge in [0.05, 0.1) is 0 Å². The van der Waals surface area contributed by atoms with Crippen molar-refractivity contribution in [2.45, 2.75) is 19.0 Å². The number of benzene rings is 1. The molecule has 3 rings (SSSR count). The SMILES string of the molecule is CSc1nc2nc3c(C)cc(C)cc3[n+]([O-])c2c(=O)n1C. The van der Waals surface area contributed by atoms with Gasteiger partial charge < -0.3 is 5.21 Å². The van der Waals surface area contributed by atoms with Crippen LogP contribution in [-0.4, -0.2) is 20.8 Å². The summed E-state index contributed by atoms with van der Waals surface area (Å²) in [5.74, 6) is 0. The summed E-state index contributed by atoms with van der Waals surface area (Å²) in [5, 5.41) is 13.1. The predicted octanol–water partition coefficient (Wildman–Crippen LogP) is 1.45. The highest BCUT2D eigenvalue weighted by Gasteiger charge is 2.21. The molecule has 0 unspecified atom stereocenters. The van der Waals surface area contributed by atoms with E-state index in [0.29, 0.717) is 20.9 Å². The first-order valence-corrected chi connectivity index (χ1v) is 7.61. The lowest BCUT2D eigenvalue weighted by Gasteiger charge is -2.09. The van der Waals surface area contributed by atoms with Crippen molar-refractivity contribution in [1.29, 1.82) is 0 Å². The maximum Gasteiger partial charge on any atom is 0.329 e. The van der Waals surface area contributed by atoms with Gasteiger partial charge in [0, 0.05) is 13.1 Å². The first kappa shape index (κ1) is 13.8. The third-order valence-electron chi connectivity index (χ3n) is 3.45. The van der Waals surface area contributed by atoms with Crippen molar-refractivity contribution in [2.24, 2.45) is 7.05 Å². The zero-order valence-corrected chi connectivity index (χ0v) is 13.0. The van der Waals surface area contributed by atoms with Gasteiger partial charge in [0.1, 0.15) is 5.52 Å². The van der Waals surface area contributed by atoms with Crippen molar-refractivity contribution < 1.29 is 4.73 Å². The minimum atomic E-state index is -0.382. The van der Waals surface area contributed by atoms with Crippen molar-refractivity contribution in [1.82, 2.24) is 14.5 Å². The molecule has 21 heavy (non-hydrogen) atoms. The Bertz CT molecular complexity index is 949. The Morgan fingerprint density at radius 3 is 2.67 bits per heavy atom. The fraction of sp³-hybridized carbons (Fsp3) is 0.286. The maximum absolute atomic E-state index is 12.6. The van der Waals surface area contributed by atoms with Crippen LogP contribution in [0.25, 0.3) is 22.2 Å². The molecule has 108 valence electrons. The number of aromatic nitrogens is 4. The van der Waals surface area contributed by atoms with Crippen LogP contribution < -0.4 is 10.3 Å². The third kappa shape index (κ3) is 1.96. The molecule has 2 aromatic heterocycles. The molecule has 0 spiro atoms. The Labute approximate surface area is 125 Å². The molecule has 7 heteroatoms.